The number of aryl methyl sites for hydroxylation is 1. The van der Waals surface area contributed by atoms with Gasteiger partial charge < -0.3 is 0 Å². The topological polar surface area (TPSA) is 61.3 Å². The highest BCUT2D eigenvalue weighted by molar-refractivity contribution is 6.31. The minimum absolute atomic E-state index is 0.119. The van der Waals surface area contributed by atoms with Crippen LogP contribution >= 0.6 is 11.6 Å². The lowest BCUT2D eigenvalue weighted by Gasteiger charge is -2.08. The summed E-state index contributed by atoms with van der Waals surface area (Å²) in [5.41, 5.74) is -1.12. The molecule has 156 valence electrons. The third-order valence-corrected chi connectivity index (χ3v) is 5.01. The SMILES string of the molecule is CCCn1c(=O)c2ccc(Cl)cc2n2c(=O)n(Cc3cccc(C(F)(F)F)c3)nc12. The second-order valence-corrected chi connectivity index (χ2v) is 7.33. The molecule has 0 amide bonds. The second-order valence-electron chi connectivity index (χ2n) is 6.89. The van der Waals surface area contributed by atoms with Gasteiger partial charge in [0.15, 0.2) is 0 Å². The van der Waals surface area contributed by atoms with Gasteiger partial charge >= 0.3 is 11.9 Å². The van der Waals surface area contributed by atoms with Gasteiger partial charge in [-0.05, 0) is 42.3 Å². The zero-order valence-corrected chi connectivity index (χ0v) is 16.5. The molecular formula is C20H16ClF3N4O2. The zero-order chi connectivity index (χ0) is 21.6. The molecule has 0 aliphatic rings. The number of fused-ring (bicyclic) bond motifs is 3. The van der Waals surface area contributed by atoms with Gasteiger partial charge in [-0.15, -0.1) is 5.10 Å². The van der Waals surface area contributed by atoms with Crippen molar-refractivity contribution in [1.82, 2.24) is 18.7 Å². The maximum absolute atomic E-state index is 13.1. The van der Waals surface area contributed by atoms with Crippen LogP contribution in [-0.2, 0) is 19.3 Å². The van der Waals surface area contributed by atoms with Crippen molar-refractivity contribution in [3.63, 3.8) is 0 Å². The Morgan fingerprint density at radius 3 is 2.57 bits per heavy atom. The molecule has 0 radical (unpaired) electrons. The lowest BCUT2D eigenvalue weighted by molar-refractivity contribution is -0.137. The van der Waals surface area contributed by atoms with Crippen molar-refractivity contribution >= 4 is 28.3 Å². The van der Waals surface area contributed by atoms with Crippen LogP contribution in [0.25, 0.3) is 16.7 Å². The van der Waals surface area contributed by atoms with Crippen LogP contribution < -0.4 is 11.2 Å². The number of alkyl halides is 3. The molecule has 10 heteroatoms. The fourth-order valence-electron chi connectivity index (χ4n) is 3.44. The third-order valence-electron chi connectivity index (χ3n) is 4.77. The maximum Gasteiger partial charge on any atom is 0.416 e. The van der Waals surface area contributed by atoms with E-state index in [1.807, 2.05) is 6.92 Å². The first kappa shape index (κ1) is 20.2. The predicted octanol–water partition coefficient (Wildman–Crippen LogP) is 3.94. The van der Waals surface area contributed by atoms with E-state index in [0.717, 1.165) is 16.8 Å². The Morgan fingerprint density at radius 1 is 1.10 bits per heavy atom. The summed E-state index contributed by atoms with van der Waals surface area (Å²) in [4.78, 5) is 26.0. The quantitative estimate of drug-likeness (QED) is 0.487. The van der Waals surface area contributed by atoms with Gasteiger partial charge in [-0.3, -0.25) is 9.36 Å². The van der Waals surface area contributed by atoms with E-state index in [-0.39, 0.29) is 23.4 Å². The van der Waals surface area contributed by atoms with Crippen molar-refractivity contribution in [2.24, 2.45) is 0 Å². The van der Waals surface area contributed by atoms with Crippen LogP contribution in [-0.4, -0.2) is 18.7 Å². The number of aromatic nitrogens is 4. The van der Waals surface area contributed by atoms with Crippen molar-refractivity contribution in [1.29, 1.82) is 0 Å². The van der Waals surface area contributed by atoms with E-state index in [2.05, 4.69) is 5.10 Å². The van der Waals surface area contributed by atoms with E-state index in [0.29, 0.717) is 28.9 Å². The lowest BCUT2D eigenvalue weighted by atomic mass is 10.1. The van der Waals surface area contributed by atoms with Crippen LogP contribution in [0, 0.1) is 0 Å². The van der Waals surface area contributed by atoms with Gasteiger partial charge in [0.25, 0.3) is 5.56 Å². The molecule has 2 heterocycles. The maximum atomic E-state index is 13.1. The van der Waals surface area contributed by atoms with Gasteiger partial charge in [-0.2, -0.15) is 13.2 Å². The minimum Gasteiger partial charge on any atom is -0.276 e. The zero-order valence-electron chi connectivity index (χ0n) is 15.8. The molecule has 0 aliphatic carbocycles. The third kappa shape index (κ3) is 3.39. The summed E-state index contributed by atoms with van der Waals surface area (Å²) in [6.45, 7) is 2.04. The highest BCUT2D eigenvalue weighted by Gasteiger charge is 2.30. The summed E-state index contributed by atoms with van der Waals surface area (Å²) in [6, 6.07) is 9.31. The first-order valence-electron chi connectivity index (χ1n) is 9.18. The Labute approximate surface area is 172 Å². The molecule has 0 unspecified atom stereocenters. The molecular weight excluding hydrogens is 421 g/mol. The molecule has 6 nitrogen and oxygen atoms in total. The van der Waals surface area contributed by atoms with Gasteiger partial charge in [0.1, 0.15) is 0 Å². The van der Waals surface area contributed by atoms with Crippen molar-refractivity contribution in [2.75, 3.05) is 0 Å². The largest absolute Gasteiger partial charge is 0.416 e. The number of hydrogen-bond donors (Lipinski definition) is 0. The number of halogens is 4. The molecule has 0 saturated carbocycles. The Bertz CT molecular complexity index is 1390. The molecule has 4 aromatic rings. The van der Waals surface area contributed by atoms with Crippen LogP contribution in [0.5, 0.6) is 0 Å². The van der Waals surface area contributed by atoms with Crippen LogP contribution in [0.4, 0.5) is 13.2 Å². The van der Waals surface area contributed by atoms with Crippen molar-refractivity contribution in [3.8, 4) is 0 Å². The summed E-state index contributed by atoms with van der Waals surface area (Å²) in [5, 5.41) is 4.91. The predicted molar refractivity (Wildman–Crippen MR) is 107 cm³/mol. The van der Waals surface area contributed by atoms with Crippen LogP contribution in [0.1, 0.15) is 24.5 Å². The van der Waals surface area contributed by atoms with Gasteiger partial charge in [-0.25, -0.2) is 13.9 Å². The number of rotatable bonds is 4. The van der Waals surface area contributed by atoms with E-state index < -0.39 is 17.4 Å². The first-order chi connectivity index (χ1) is 14.2. The second kappa shape index (κ2) is 7.32. The van der Waals surface area contributed by atoms with Crippen molar-refractivity contribution in [2.45, 2.75) is 32.6 Å². The summed E-state index contributed by atoms with van der Waals surface area (Å²) in [5.74, 6) is 0.119. The van der Waals surface area contributed by atoms with E-state index in [4.69, 9.17) is 11.6 Å². The number of hydrogen-bond acceptors (Lipinski definition) is 3. The molecule has 0 aliphatic heterocycles. The van der Waals surface area contributed by atoms with E-state index in [1.54, 1.807) is 12.1 Å². The van der Waals surface area contributed by atoms with E-state index in [1.165, 1.54) is 27.2 Å². The van der Waals surface area contributed by atoms with E-state index >= 15 is 0 Å². The Balaban J connectivity index is 1.95. The van der Waals surface area contributed by atoms with Crippen molar-refractivity contribution < 1.29 is 13.2 Å². The molecule has 30 heavy (non-hydrogen) atoms. The van der Waals surface area contributed by atoms with Gasteiger partial charge in [-0.1, -0.05) is 30.7 Å². The Kier molecular flexibility index (Phi) is 4.93. The molecule has 0 spiro atoms. The van der Waals surface area contributed by atoms with Crippen LogP contribution in [0.15, 0.2) is 52.1 Å². The molecule has 0 fully saturated rings. The average molecular weight is 437 g/mol. The highest BCUT2D eigenvalue weighted by atomic mass is 35.5. The van der Waals surface area contributed by atoms with Gasteiger partial charge in [0, 0.05) is 11.6 Å². The van der Waals surface area contributed by atoms with Gasteiger partial charge in [0.2, 0.25) is 5.78 Å². The summed E-state index contributed by atoms with van der Waals surface area (Å²) in [6.07, 6.45) is -3.86. The fraction of sp³-hybridized carbons (Fsp3) is 0.250. The molecule has 2 aromatic heterocycles. The molecule has 0 bridgehead atoms. The van der Waals surface area contributed by atoms with Crippen molar-refractivity contribution in [3.05, 3.63) is 79.5 Å². The monoisotopic (exact) mass is 436 g/mol. The summed E-state index contributed by atoms with van der Waals surface area (Å²) >= 11 is 6.06. The first-order valence-corrected chi connectivity index (χ1v) is 9.56. The number of nitrogens with zero attached hydrogens (tertiary/aromatic N) is 4. The lowest BCUT2D eigenvalue weighted by Crippen LogP contribution is -2.26. The highest BCUT2D eigenvalue weighted by Crippen LogP contribution is 2.29. The molecule has 0 atom stereocenters. The standard InChI is InChI=1S/C20H16ClF3N4O2/c1-2-8-26-17(29)15-7-6-14(21)10-16(15)28-18(26)25-27(19(28)30)11-12-4-3-5-13(9-12)20(22,23)24/h3-7,9-10H,2,8,11H2,1H3. The smallest absolute Gasteiger partial charge is 0.276 e. The molecule has 2 aromatic carbocycles. The summed E-state index contributed by atoms with van der Waals surface area (Å²) in [7, 11) is 0. The van der Waals surface area contributed by atoms with E-state index in [9.17, 15) is 22.8 Å². The van der Waals surface area contributed by atoms with Gasteiger partial charge in [0.05, 0.1) is 23.0 Å². The van der Waals surface area contributed by atoms with Crippen LogP contribution in [0.3, 0.4) is 0 Å². The summed E-state index contributed by atoms with van der Waals surface area (Å²) < 4.78 is 42.7. The Morgan fingerprint density at radius 2 is 1.87 bits per heavy atom. The average Bonchev–Trinajstić information content (AvgIpc) is 3.01. The van der Waals surface area contributed by atoms with Crippen LogP contribution in [0.2, 0.25) is 5.02 Å². The number of benzene rings is 2. The normalized spacial score (nSPS) is 12.2. The molecule has 0 N–H and O–H groups in total. The Hall–Kier alpha value is -3.07. The minimum atomic E-state index is -4.49. The molecule has 0 saturated heterocycles. The fourth-order valence-corrected chi connectivity index (χ4v) is 3.60. The molecule has 4 rings (SSSR count).